The van der Waals surface area contributed by atoms with Gasteiger partial charge < -0.3 is 9.64 Å². The molecule has 0 amide bonds. The van der Waals surface area contributed by atoms with Crippen LogP contribution in [0, 0.1) is 18.3 Å². The van der Waals surface area contributed by atoms with Crippen molar-refractivity contribution in [2.45, 2.75) is 33.0 Å². The van der Waals surface area contributed by atoms with Crippen LogP contribution in [0.4, 0.5) is 5.82 Å². The monoisotopic (exact) mass is 232 g/mol. The fourth-order valence-corrected chi connectivity index (χ4v) is 2.20. The minimum absolute atomic E-state index is 0.190. The Labute approximate surface area is 101 Å². The summed E-state index contributed by atoms with van der Waals surface area (Å²) in [4.78, 5) is 2.17. The van der Waals surface area contributed by atoms with E-state index in [0.717, 1.165) is 24.5 Å². The van der Waals surface area contributed by atoms with Crippen molar-refractivity contribution in [2.24, 2.45) is 0 Å². The van der Waals surface area contributed by atoms with Gasteiger partial charge in [-0.1, -0.05) is 0 Å². The maximum Gasteiger partial charge on any atom is 0.163 e. The lowest BCUT2D eigenvalue weighted by molar-refractivity contribution is -0.00553. The number of aryl methyl sites for hydroxylation is 1. The van der Waals surface area contributed by atoms with Crippen molar-refractivity contribution in [3.8, 4) is 6.07 Å². The summed E-state index contributed by atoms with van der Waals surface area (Å²) in [6, 6.07) is 3.77. The molecule has 2 atom stereocenters. The quantitative estimate of drug-likeness (QED) is 0.729. The Hall–Kier alpha value is -1.67. The molecular formula is C12H16N4O. The van der Waals surface area contributed by atoms with E-state index in [2.05, 4.69) is 28.9 Å². The molecule has 17 heavy (non-hydrogen) atoms. The number of morpholine rings is 1. The number of hydrogen-bond acceptors (Lipinski definition) is 5. The number of anilines is 1. The summed E-state index contributed by atoms with van der Waals surface area (Å²) >= 11 is 0. The molecule has 1 saturated heterocycles. The third-order valence-electron chi connectivity index (χ3n) is 2.79. The Morgan fingerprint density at radius 1 is 1.35 bits per heavy atom. The van der Waals surface area contributed by atoms with Crippen molar-refractivity contribution in [3.05, 3.63) is 17.3 Å². The van der Waals surface area contributed by atoms with Gasteiger partial charge in [0.1, 0.15) is 6.07 Å². The first-order valence-corrected chi connectivity index (χ1v) is 5.75. The Morgan fingerprint density at radius 2 is 2.00 bits per heavy atom. The van der Waals surface area contributed by atoms with Gasteiger partial charge in [0.15, 0.2) is 11.5 Å². The van der Waals surface area contributed by atoms with Gasteiger partial charge in [0.05, 0.1) is 12.2 Å². The smallest absolute Gasteiger partial charge is 0.163 e. The molecule has 1 fully saturated rings. The highest BCUT2D eigenvalue weighted by atomic mass is 16.5. The summed E-state index contributed by atoms with van der Waals surface area (Å²) in [5.41, 5.74) is 1.35. The van der Waals surface area contributed by atoms with Gasteiger partial charge in [-0.15, -0.1) is 10.2 Å². The number of ether oxygens (including phenoxy) is 1. The lowest BCUT2D eigenvalue weighted by Crippen LogP contribution is -2.46. The second-order valence-electron chi connectivity index (χ2n) is 4.51. The molecule has 0 aromatic carbocycles. The van der Waals surface area contributed by atoms with Gasteiger partial charge in [0, 0.05) is 13.1 Å². The predicted molar refractivity (Wildman–Crippen MR) is 63.7 cm³/mol. The molecule has 0 bridgehead atoms. The molecule has 0 radical (unpaired) electrons. The van der Waals surface area contributed by atoms with Gasteiger partial charge in [0.25, 0.3) is 0 Å². The van der Waals surface area contributed by atoms with E-state index >= 15 is 0 Å². The van der Waals surface area contributed by atoms with Crippen molar-refractivity contribution < 1.29 is 4.74 Å². The van der Waals surface area contributed by atoms with Gasteiger partial charge in [0.2, 0.25) is 0 Å². The van der Waals surface area contributed by atoms with E-state index in [9.17, 15) is 0 Å². The van der Waals surface area contributed by atoms with E-state index in [0.29, 0.717) is 5.69 Å². The number of nitrogens with zero attached hydrogens (tertiary/aromatic N) is 4. The van der Waals surface area contributed by atoms with E-state index in [-0.39, 0.29) is 12.2 Å². The zero-order chi connectivity index (χ0) is 12.4. The SMILES string of the molecule is Cc1cc(C#N)nnc1N1C[C@@H](C)O[C@@H](C)C1. The lowest BCUT2D eigenvalue weighted by Gasteiger charge is -2.36. The molecule has 0 spiro atoms. The van der Waals surface area contributed by atoms with Crippen LogP contribution in [-0.4, -0.2) is 35.5 Å². The minimum atomic E-state index is 0.190. The topological polar surface area (TPSA) is 62.0 Å². The van der Waals surface area contributed by atoms with Crippen LogP contribution in [-0.2, 0) is 4.74 Å². The highest BCUT2D eigenvalue weighted by Crippen LogP contribution is 2.21. The van der Waals surface area contributed by atoms with E-state index in [4.69, 9.17) is 10.00 Å². The molecule has 1 aromatic rings. The molecule has 1 aliphatic heterocycles. The minimum Gasteiger partial charge on any atom is -0.372 e. The van der Waals surface area contributed by atoms with E-state index in [1.807, 2.05) is 13.0 Å². The summed E-state index contributed by atoms with van der Waals surface area (Å²) < 4.78 is 5.68. The number of aromatic nitrogens is 2. The fourth-order valence-electron chi connectivity index (χ4n) is 2.20. The van der Waals surface area contributed by atoms with Crippen LogP contribution < -0.4 is 4.90 Å². The van der Waals surface area contributed by atoms with Crippen molar-refractivity contribution >= 4 is 5.82 Å². The molecule has 2 rings (SSSR count). The molecular weight excluding hydrogens is 216 g/mol. The van der Waals surface area contributed by atoms with Gasteiger partial charge in [-0.25, -0.2) is 0 Å². The van der Waals surface area contributed by atoms with Gasteiger partial charge >= 0.3 is 0 Å². The average Bonchev–Trinajstić information content (AvgIpc) is 2.27. The summed E-state index contributed by atoms with van der Waals surface area (Å²) in [6.07, 6.45) is 0.381. The van der Waals surface area contributed by atoms with Crippen molar-refractivity contribution in [1.82, 2.24) is 10.2 Å². The molecule has 2 heterocycles. The van der Waals surface area contributed by atoms with Crippen LogP contribution in [0.5, 0.6) is 0 Å². The summed E-state index contributed by atoms with van der Waals surface area (Å²) in [6.45, 7) is 7.68. The maximum absolute atomic E-state index is 8.76. The normalized spacial score (nSPS) is 24.5. The van der Waals surface area contributed by atoms with E-state index in [1.165, 1.54) is 0 Å². The first-order valence-electron chi connectivity index (χ1n) is 5.75. The van der Waals surface area contributed by atoms with Gasteiger partial charge in [-0.2, -0.15) is 5.26 Å². The second kappa shape index (κ2) is 4.68. The van der Waals surface area contributed by atoms with Crippen LogP contribution in [0.1, 0.15) is 25.1 Å². The van der Waals surface area contributed by atoms with E-state index in [1.54, 1.807) is 6.07 Å². The molecule has 90 valence electrons. The van der Waals surface area contributed by atoms with E-state index < -0.39 is 0 Å². The summed E-state index contributed by atoms with van der Waals surface area (Å²) in [5, 5.41) is 16.8. The number of rotatable bonds is 1. The van der Waals surface area contributed by atoms with Crippen LogP contribution in [0.25, 0.3) is 0 Å². The second-order valence-corrected chi connectivity index (χ2v) is 4.51. The van der Waals surface area contributed by atoms with Crippen LogP contribution in [0.2, 0.25) is 0 Å². The zero-order valence-electron chi connectivity index (χ0n) is 10.3. The first-order chi connectivity index (χ1) is 8.10. The standard InChI is InChI=1S/C12H16N4O/c1-8-4-11(5-13)14-15-12(8)16-6-9(2)17-10(3)7-16/h4,9-10H,6-7H2,1-3H3/t9-,10+. The summed E-state index contributed by atoms with van der Waals surface area (Å²) in [7, 11) is 0. The molecule has 0 saturated carbocycles. The first kappa shape index (κ1) is 11.8. The number of hydrogen-bond donors (Lipinski definition) is 0. The zero-order valence-corrected chi connectivity index (χ0v) is 10.3. The van der Waals surface area contributed by atoms with Crippen LogP contribution in [0.3, 0.4) is 0 Å². The molecule has 0 unspecified atom stereocenters. The van der Waals surface area contributed by atoms with Gasteiger partial charge in [-0.05, 0) is 32.4 Å². The maximum atomic E-state index is 8.76. The Bertz CT molecular complexity index is 444. The van der Waals surface area contributed by atoms with Crippen LogP contribution in [0.15, 0.2) is 6.07 Å². The average molecular weight is 232 g/mol. The third-order valence-corrected chi connectivity index (χ3v) is 2.79. The largest absolute Gasteiger partial charge is 0.372 e. The predicted octanol–water partition coefficient (Wildman–Crippen LogP) is 1.27. The molecule has 5 nitrogen and oxygen atoms in total. The fraction of sp³-hybridized carbons (Fsp3) is 0.583. The molecule has 5 heteroatoms. The molecule has 0 aliphatic carbocycles. The molecule has 1 aromatic heterocycles. The Balaban J connectivity index is 2.25. The number of nitriles is 1. The molecule has 0 N–H and O–H groups in total. The van der Waals surface area contributed by atoms with Crippen molar-refractivity contribution in [1.29, 1.82) is 5.26 Å². The highest BCUT2D eigenvalue weighted by Gasteiger charge is 2.24. The van der Waals surface area contributed by atoms with Crippen molar-refractivity contribution in [2.75, 3.05) is 18.0 Å². The lowest BCUT2D eigenvalue weighted by atomic mass is 10.2. The van der Waals surface area contributed by atoms with Crippen LogP contribution >= 0.6 is 0 Å². The molecule has 1 aliphatic rings. The summed E-state index contributed by atoms with van der Waals surface area (Å²) in [5.74, 6) is 0.853. The third kappa shape index (κ3) is 2.53. The Kier molecular flexibility index (Phi) is 3.25. The van der Waals surface area contributed by atoms with Crippen molar-refractivity contribution in [3.63, 3.8) is 0 Å². The Morgan fingerprint density at radius 3 is 2.53 bits per heavy atom. The highest BCUT2D eigenvalue weighted by molar-refractivity contribution is 5.47. The van der Waals surface area contributed by atoms with Gasteiger partial charge in [-0.3, -0.25) is 0 Å².